The van der Waals surface area contributed by atoms with Gasteiger partial charge in [-0.1, -0.05) is 12.1 Å². The second-order valence-corrected chi connectivity index (χ2v) is 6.62. The fourth-order valence-corrected chi connectivity index (χ4v) is 3.36. The first-order valence-corrected chi connectivity index (χ1v) is 8.41. The second-order valence-electron chi connectivity index (χ2n) is 6.62. The summed E-state index contributed by atoms with van der Waals surface area (Å²) in [6.45, 7) is 3.32. The van der Waals surface area contributed by atoms with E-state index in [0.717, 1.165) is 37.9 Å². The van der Waals surface area contributed by atoms with Crippen LogP contribution in [0.25, 0.3) is 0 Å². The van der Waals surface area contributed by atoms with Gasteiger partial charge in [0.05, 0.1) is 0 Å². The van der Waals surface area contributed by atoms with E-state index in [4.69, 9.17) is 0 Å². The van der Waals surface area contributed by atoms with Gasteiger partial charge in [-0.05, 0) is 56.2 Å². The van der Waals surface area contributed by atoms with Gasteiger partial charge in [-0.15, -0.1) is 0 Å². The van der Waals surface area contributed by atoms with E-state index in [9.17, 15) is 14.0 Å². The summed E-state index contributed by atoms with van der Waals surface area (Å²) in [5, 5.41) is 2.83. The maximum atomic E-state index is 13.3. The number of carbonyl (C=O) groups excluding carboxylic acids is 2. The Hall–Kier alpha value is -1.91. The van der Waals surface area contributed by atoms with E-state index in [0.29, 0.717) is 0 Å². The molecule has 1 aliphatic heterocycles. The average Bonchev–Trinajstić information content (AvgIpc) is 3.35. The zero-order chi connectivity index (χ0) is 16.4. The highest BCUT2D eigenvalue weighted by Gasteiger charge is 2.44. The van der Waals surface area contributed by atoms with Crippen molar-refractivity contribution in [3.05, 3.63) is 35.6 Å². The van der Waals surface area contributed by atoms with Gasteiger partial charge in [-0.3, -0.25) is 9.59 Å². The topological polar surface area (TPSA) is 49.4 Å². The molecule has 3 rings (SSSR count). The lowest BCUT2D eigenvalue weighted by atomic mass is 10.1. The van der Waals surface area contributed by atoms with Crippen LogP contribution >= 0.6 is 0 Å². The third kappa shape index (κ3) is 3.71. The highest BCUT2D eigenvalue weighted by molar-refractivity contribution is 5.90. The molecule has 1 aliphatic carbocycles. The Morgan fingerprint density at radius 3 is 2.70 bits per heavy atom. The number of halogens is 1. The van der Waals surface area contributed by atoms with Gasteiger partial charge < -0.3 is 10.2 Å². The molecule has 5 heteroatoms. The van der Waals surface area contributed by atoms with Crippen molar-refractivity contribution >= 4 is 11.8 Å². The molecule has 3 atom stereocenters. The summed E-state index contributed by atoms with van der Waals surface area (Å²) in [6, 6.07) is 5.92. The number of carbonyl (C=O) groups is 2. The molecule has 4 nitrogen and oxygen atoms in total. The van der Waals surface area contributed by atoms with Crippen molar-refractivity contribution in [3.8, 4) is 0 Å². The molecule has 0 spiro atoms. The molecule has 1 aromatic carbocycles. The minimum absolute atomic E-state index is 0.000931. The Morgan fingerprint density at radius 2 is 2.00 bits per heavy atom. The zero-order valence-electron chi connectivity index (χ0n) is 13.4. The average molecular weight is 318 g/mol. The number of piperidine rings is 1. The van der Waals surface area contributed by atoms with Gasteiger partial charge in [0.25, 0.3) is 0 Å². The van der Waals surface area contributed by atoms with Crippen molar-refractivity contribution < 1.29 is 14.0 Å². The predicted octanol–water partition coefficient (Wildman–Crippen LogP) is 2.45. The molecule has 0 aromatic heterocycles. The Balaban J connectivity index is 1.52. The minimum Gasteiger partial charge on any atom is -0.344 e. The predicted molar refractivity (Wildman–Crippen MR) is 85.3 cm³/mol. The molecule has 124 valence electrons. The smallest absolute Gasteiger partial charge is 0.244 e. The summed E-state index contributed by atoms with van der Waals surface area (Å²) < 4.78 is 13.3. The molecule has 23 heavy (non-hydrogen) atoms. The Kier molecular flexibility index (Phi) is 4.64. The maximum Gasteiger partial charge on any atom is 0.244 e. The summed E-state index contributed by atoms with van der Waals surface area (Å²) in [5.74, 6) is -0.447. The first kappa shape index (κ1) is 16.0. The molecule has 2 aliphatic rings. The first-order chi connectivity index (χ1) is 11.1. The number of benzene rings is 1. The number of amides is 2. The molecule has 0 radical (unpaired) electrons. The number of rotatable bonds is 4. The Morgan fingerprint density at radius 1 is 1.26 bits per heavy atom. The van der Waals surface area contributed by atoms with Crippen LogP contribution in [-0.2, 0) is 9.59 Å². The van der Waals surface area contributed by atoms with Crippen LogP contribution in [0.4, 0.5) is 4.39 Å². The number of likely N-dealkylation sites (tertiary alicyclic amines) is 1. The van der Waals surface area contributed by atoms with Crippen molar-refractivity contribution in [2.75, 3.05) is 13.1 Å². The fourth-order valence-electron chi connectivity index (χ4n) is 3.36. The highest BCUT2D eigenvalue weighted by Crippen LogP contribution is 2.47. The molecular weight excluding hydrogens is 295 g/mol. The summed E-state index contributed by atoms with van der Waals surface area (Å²) in [7, 11) is 0. The second kappa shape index (κ2) is 6.69. The van der Waals surface area contributed by atoms with Gasteiger partial charge in [0.1, 0.15) is 11.9 Å². The van der Waals surface area contributed by atoms with Crippen LogP contribution in [0.15, 0.2) is 24.3 Å². The van der Waals surface area contributed by atoms with Crippen LogP contribution in [0.5, 0.6) is 0 Å². The van der Waals surface area contributed by atoms with Gasteiger partial charge in [-0.2, -0.15) is 0 Å². The van der Waals surface area contributed by atoms with Crippen molar-refractivity contribution in [1.29, 1.82) is 0 Å². The molecule has 1 aromatic rings. The van der Waals surface area contributed by atoms with Crippen molar-refractivity contribution in [2.45, 2.75) is 44.6 Å². The van der Waals surface area contributed by atoms with Crippen LogP contribution in [0, 0.1) is 11.7 Å². The van der Waals surface area contributed by atoms with Crippen LogP contribution < -0.4 is 5.32 Å². The molecule has 1 saturated carbocycles. The van der Waals surface area contributed by atoms with Gasteiger partial charge in [0, 0.05) is 19.0 Å². The maximum absolute atomic E-state index is 13.3. The zero-order valence-corrected chi connectivity index (χ0v) is 13.4. The molecule has 1 N–H and O–H groups in total. The molecule has 0 bridgehead atoms. The first-order valence-electron chi connectivity index (χ1n) is 8.41. The van der Waals surface area contributed by atoms with Gasteiger partial charge in [-0.25, -0.2) is 4.39 Å². The SMILES string of the molecule is C[C@H](NC(=O)[C@@H]1C[C@@H]1c1cccc(F)c1)C(=O)N1CCCCC1. The molecule has 1 saturated heterocycles. The standard InChI is InChI=1S/C18H23FN2O2/c1-12(18(23)21-8-3-2-4-9-21)20-17(22)16-11-15(16)13-6-5-7-14(19)10-13/h5-7,10,12,15-16H,2-4,8-9,11H2,1H3,(H,20,22)/t12-,15+,16+/m0/s1. The van der Waals surface area contributed by atoms with Crippen molar-refractivity contribution in [2.24, 2.45) is 5.92 Å². The number of nitrogens with one attached hydrogen (secondary N) is 1. The van der Waals surface area contributed by atoms with Gasteiger partial charge in [0.15, 0.2) is 0 Å². The highest BCUT2D eigenvalue weighted by atomic mass is 19.1. The minimum atomic E-state index is -0.491. The molecule has 1 heterocycles. The molecule has 2 amide bonds. The van der Waals surface area contributed by atoms with Crippen LogP contribution in [0.3, 0.4) is 0 Å². The van der Waals surface area contributed by atoms with Crippen molar-refractivity contribution in [1.82, 2.24) is 10.2 Å². The molecule has 0 unspecified atom stereocenters. The third-order valence-corrected chi connectivity index (χ3v) is 4.80. The van der Waals surface area contributed by atoms with E-state index >= 15 is 0 Å². The normalized spacial score (nSPS) is 24.9. The lowest BCUT2D eigenvalue weighted by molar-refractivity contribution is -0.137. The number of hydrogen-bond donors (Lipinski definition) is 1. The van der Waals surface area contributed by atoms with Crippen molar-refractivity contribution in [3.63, 3.8) is 0 Å². The fraction of sp³-hybridized carbons (Fsp3) is 0.556. The number of nitrogens with zero attached hydrogens (tertiary/aromatic N) is 1. The summed E-state index contributed by atoms with van der Waals surface area (Å²) in [6.07, 6.45) is 3.97. The van der Waals surface area contributed by atoms with E-state index in [-0.39, 0.29) is 29.5 Å². The largest absolute Gasteiger partial charge is 0.344 e. The lowest BCUT2D eigenvalue weighted by Gasteiger charge is -2.29. The van der Waals surface area contributed by atoms with E-state index < -0.39 is 6.04 Å². The Bertz CT molecular complexity index is 598. The summed E-state index contributed by atoms with van der Waals surface area (Å²) in [5.41, 5.74) is 0.861. The lowest BCUT2D eigenvalue weighted by Crippen LogP contribution is -2.48. The molecular formula is C18H23FN2O2. The van der Waals surface area contributed by atoms with Crippen LogP contribution in [-0.4, -0.2) is 35.8 Å². The quantitative estimate of drug-likeness (QED) is 0.927. The van der Waals surface area contributed by atoms with Gasteiger partial charge in [0.2, 0.25) is 11.8 Å². The van der Waals surface area contributed by atoms with E-state index in [1.54, 1.807) is 13.0 Å². The monoisotopic (exact) mass is 318 g/mol. The van der Waals surface area contributed by atoms with E-state index in [1.807, 2.05) is 11.0 Å². The van der Waals surface area contributed by atoms with Gasteiger partial charge >= 0.3 is 0 Å². The number of hydrogen-bond acceptors (Lipinski definition) is 2. The van der Waals surface area contributed by atoms with E-state index in [2.05, 4.69) is 5.32 Å². The summed E-state index contributed by atoms with van der Waals surface area (Å²) in [4.78, 5) is 26.5. The third-order valence-electron chi connectivity index (χ3n) is 4.80. The van der Waals surface area contributed by atoms with E-state index in [1.165, 1.54) is 18.6 Å². The summed E-state index contributed by atoms with van der Waals surface area (Å²) >= 11 is 0. The molecule has 2 fully saturated rings. The Labute approximate surface area is 136 Å². The van der Waals surface area contributed by atoms with Crippen LogP contribution in [0.2, 0.25) is 0 Å². The van der Waals surface area contributed by atoms with Crippen LogP contribution in [0.1, 0.15) is 44.1 Å².